The Balaban J connectivity index is 0. The van der Waals surface area contributed by atoms with Crippen molar-refractivity contribution in [3.63, 3.8) is 0 Å². The van der Waals surface area contributed by atoms with Gasteiger partial charge in [-0.15, -0.1) is 0 Å². The zero-order valence-electron chi connectivity index (χ0n) is 7.62. The van der Waals surface area contributed by atoms with Gasteiger partial charge in [-0.1, -0.05) is 26.7 Å². The van der Waals surface area contributed by atoms with Crippen LogP contribution in [0.3, 0.4) is 0 Å². The van der Waals surface area contributed by atoms with Crippen molar-refractivity contribution in [2.75, 3.05) is 13.1 Å². The molecule has 1 nitrogen and oxygen atoms in total. The van der Waals surface area contributed by atoms with Crippen molar-refractivity contribution in [3.8, 4) is 0 Å². The second-order valence-corrected chi connectivity index (χ2v) is 2.46. The summed E-state index contributed by atoms with van der Waals surface area (Å²) in [5, 5.41) is 3.39. The van der Waals surface area contributed by atoms with E-state index in [1.165, 1.54) is 58.1 Å². The van der Waals surface area contributed by atoms with Crippen LogP contribution in [0.1, 0.15) is 39.5 Å². The average Bonchev–Trinajstić information content (AvgIpc) is 2.08. The van der Waals surface area contributed by atoms with E-state index in [0.717, 1.165) is 0 Å². The molecule has 0 aromatic carbocycles. The number of hydrogen-bond acceptors (Lipinski definition) is 1. The van der Waals surface area contributed by atoms with Crippen LogP contribution < -0.4 is 5.32 Å². The van der Waals surface area contributed by atoms with E-state index in [1.54, 1.807) is 0 Å². The van der Waals surface area contributed by atoms with Gasteiger partial charge in [0.15, 0.2) is 0 Å². The quantitative estimate of drug-likeness (QED) is 0.527. The minimum absolute atomic E-state index is 1.20. The molecule has 67 valence electrons. The Morgan fingerprint density at radius 2 is 1.36 bits per heavy atom. The van der Waals surface area contributed by atoms with Gasteiger partial charge in [0.25, 0.3) is 0 Å². The summed E-state index contributed by atoms with van der Waals surface area (Å²) in [4.78, 5) is 0. The predicted molar refractivity (Wildman–Crippen MR) is 48.5 cm³/mol. The van der Waals surface area contributed by atoms with E-state index in [0.29, 0.717) is 0 Å². The van der Waals surface area contributed by atoms with Gasteiger partial charge in [-0.05, 0) is 25.9 Å². The minimum atomic E-state index is 1.20. The number of halogens is 1. The fraction of sp³-hybridized carbons (Fsp3) is 1.00. The number of unbranched alkanes of at least 4 members (excludes halogenated alkanes) is 2. The fourth-order valence-corrected chi connectivity index (χ4v) is 0.729. The molecule has 3 heteroatoms. The first kappa shape index (κ1) is 14.5. The molecular formula is C8H19ClNTi. The normalized spacial score (nSPS) is 8.55. The van der Waals surface area contributed by atoms with E-state index in [-0.39, 0.29) is 0 Å². The van der Waals surface area contributed by atoms with Crippen molar-refractivity contribution >= 4 is 9.30 Å². The molecule has 0 heterocycles. The maximum absolute atomic E-state index is 4.64. The second kappa shape index (κ2) is 17.2. The van der Waals surface area contributed by atoms with E-state index in [1.807, 2.05) is 0 Å². The summed E-state index contributed by atoms with van der Waals surface area (Å²) in [6, 6.07) is 0. The Morgan fingerprint density at radius 3 is 1.64 bits per heavy atom. The molecule has 0 rings (SSSR count). The molecule has 0 saturated carbocycles. The van der Waals surface area contributed by atoms with Crippen molar-refractivity contribution in [1.29, 1.82) is 0 Å². The summed E-state index contributed by atoms with van der Waals surface area (Å²) < 4.78 is 0. The van der Waals surface area contributed by atoms with Crippen LogP contribution in [0.15, 0.2) is 0 Å². The van der Waals surface area contributed by atoms with Gasteiger partial charge in [-0.2, -0.15) is 0 Å². The monoisotopic (exact) mass is 212 g/mol. The van der Waals surface area contributed by atoms with E-state index in [9.17, 15) is 0 Å². The van der Waals surface area contributed by atoms with Crippen molar-refractivity contribution < 1.29 is 19.4 Å². The molecule has 0 radical (unpaired) electrons. The first-order valence-electron chi connectivity index (χ1n) is 4.31. The summed E-state index contributed by atoms with van der Waals surface area (Å²) in [7, 11) is 4.64. The van der Waals surface area contributed by atoms with Crippen LogP contribution in [0.4, 0.5) is 0 Å². The second-order valence-electron chi connectivity index (χ2n) is 2.46. The first-order valence-corrected chi connectivity index (χ1v) is 6.46. The third-order valence-corrected chi connectivity index (χ3v) is 1.41. The molecule has 0 aliphatic rings. The summed E-state index contributed by atoms with van der Waals surface area (Å²) in [6.45, 7) is 6.86. The van der Waals surface area contributed by atoms with Gasteiger partial charge >= 0.3 is 28.7 Å². The van der Waals surface area contributed by atoms with Gasteiger partial charge in [0, 0.05) is 0 Å². The Kier molecular flexibility index (Phi) is 22.6. The van der Waals surface area contributed by atoms with Crippen LogP contribution in [-0.4, -0.2) is 13.1 Å². The van der Waals surface area contributed by atoms with Gasteiger partial charge in [-0.3, -0.25) is 0 Å². The van der Waals surface area contributed by atoms with Crippen LogP contribution in [0.2, 0.25) is 0 Å². The molecule has 0 bridgehead atoms. The molecule has 11 heavy (non-hydrogen) atoms. The molecule has 0 aromatic rings. The topological polar surface area (TPSA) is 12.0 Å². The van der Waals surface area contributed by atoms with Gasteiger partial charge in [0.05, 0.1) is 0 Å². The first-order chi connectivity index (χ1) is 5.41. The van der Waals surface area contributed by atoms with Crippen LogP contribution in [0.5, 0.6) is 0 Å². The molecule has 0 unspecified atom stereocenters. The van der Waals surface area contributed by atoms with E-state index in [2.05, 4.69) is 28.5 Å². The number of rotatable bonds is 6. The number of hydrogen-bond donors (Lipinski definition) is 1. The molecule has 0 aliphatic carbocycles. The van der Waals surface area contributed by atoms with Gasteiger partial charge < -0.3 is 5.32 Å². The van der Waals surface area contributed by atoms with Crippen molar-refractivity contribution in [1.82, 2.24) is 5.32 Å². The average molecular weight is 213 g/mol. The predicted octanol–water partition coefficient (Wildman–Crippen LogP) is 2.86. The van der Waals surface area contributed by atoms with Crippen molar-refractivity contribution in [3.05, 3.63) is 0 Å². The van der Waals surface area contributed by atoms with Crippen molar-refractivity contribution in [2.24, 2.45) is 0 Å². The van der Waals surface area contributed by atoms with Gasteiger partial charge in [0.1, 0.15) is 0 Å². The Morgan fingerprint density at radius 1 is 1.00 bits per heavy atom. The Bertz CT molecular complexity index is 47.4. The molecule has 0 amide bonds. The van der Waals surface area contributed by atoms with E-state index >= 15 is 0 Å². The van der Waals surface area contributed by atoms with Crippen molar-refractivity contribution in [2.45, 2.75) is 39.5 Å². The van der Waals surface area contributed by atoms with E-state index in [4.69, 9.17) is 0 Å². The third-order valence-electron chi connectivity index (χ3n) is 1.41. The van der Waals surface area contributed by atoms with Crippen LogP contribution in [-0.2, 0) is 19.4 Å². The molecule has 0 saturated heterocycles. The Labute approximate surface area is 86.6 Å². The third kappa shape index (κ3) is 18.2. The molecule has 1 N–H and O–H groups in total. The zero-order valence-corrected chi connectivity index (χ0v) is 9.94. The maximum atomic E-state index is 4.64. The molecule has 0 aliphatic heterocycles. The standard InChI is InChI=1S/C8H19N.ClH.Ti/c1-3-5-7-9-8-6-4-2;;/h9H,3-8H2,1-2H3;1H;/q;;+1/p-1. The SMILES string of the molecule is CCCCNCCCC.[Cl][Ti]. The molecule has 0 spiro atoms. The number of nitrogens with one attached hydrogen (secondary N) is 1. The Hall–Kier alpha value is 0.964. The fourth-order valence-electron chi connectivity index (χ4n) is 0.729. The summed E-state index contributed by atoms with van der Waals surface area (Å²) in [5.41, 5.74) is 0. The summed E-state index contributed by atoms with van der Waals surface area (Å²) >= 11 is 1.47. The summed E-state index contributed by atoms with van der Waals surface area (Å²) in [5.74, 6) is 0. The van der Waals surface area contributed by atoms with Gasteiger partial charge in [0.2, 0.25) is 0 Å². The van der Waals surface area contributed by atoms with E-state index < -0.39 is 0 Å². The molecule has 0 aromatic heterocycles. The molecule has 0 atom stereocenters. The molecular weight excluding hydrogens is 193 g/mol. The molecule has 0 fully saturated rings. The zero-order chi connectivity index (χ0) is 8.95. The van der Waals surface area contributed by atoms with Crippen LogP contribution in [0, 0.1) is 0 Å². The summed E-state index contributed by atoms with van der Waals surface area (Å²) in [6.07, 6.45) is 5.26. The van der Waals surface area contributed by atoms with Gasteiger partial charge in [-0.25, -0.2) is 0 Å². The van der Waals surface area contributed by atoms with Crippen LogP contribution >= 0.6 is 9.30 Å². The van der Waals surface area contributed by atoms with Crippen LogP contribution in [0.25, 0.3) is 0 Å².